The highest BCUT2D eigenvalue weighted by Crippen LogP contribution is 2.38. The average Bonchev–Trinajstić information content (AvgIpc) is 3.27. The van der Waals surface area contributed by atoms with Crippen LogP contribution in [0.5, 0.6) is 17.2 Å². The molecule has 0 unspecified atom stereocenters. The normalized spacial score (nSPS) is 10.5. The maximum Gasteiger partial charge on any atom is 0.328 e. The Kier molecular flexibility index (Phi) is 6.26. The third-order valence-electron chi connectivity index (χ3n) is 4.38. The van der Waals surface area contributed by atoms with Gasteiger partial charge in [-0.3, -0.25) is 14.2 Å². The molecule has 1 aromatic carbocycles. The van der Waals surface area contributed by atoms with Gasteiger partial charge in [0, 0.05) is 12.7 Å². The number of aromatic nitrogens is 2. The standard InChI is InChI=1S/C20H21N3O7/c1-27-15-7-12(8-16(28-2)17(15)29-3)9-21-18(24)14-10-22-20(26)23(19(14)25)11-13-5-4-6-30-13/h4-8,10H,9,11H2,1-3H3,(H,21,24)(H,22,26). The lowest BCUT2D eigenvalue weighted by Gasteiger charge is -2.14. The molecule has 0 aliphatic carbocycles. The van der Waals surface area contributed by atoms with Crippen LogP contribution in [0.4, 0.5) is 0 Å². The number of benzene rings is 1. The first-order chi connectivity index (χ1) is 14.5. The summed E-state index contributed by atoms with van der Waals surface area (Å²) < 4.78 is 21.9. The van der Waals surface area contributed by atoms with Crippen molar-refractivity contribution in [2.45, 2.75) is 13.1 Å². The second kappa shape index (κ2) is 9.03. The van der Waals surface area contributed by atoms with Crippen molar-refractivity contribution < 1.29 is 23.4 Å². The molecule has 3 rings (SSSR count). The number of carbonyl (C=O) groups excluding carboxylic acids is 1. The highest BCUT2D eigenvalue weighted by molar-refractivity contribution is 5.93. The molecule has 0 saturated carbocycles. The topological polar surface area (TPSA) is 125 Å². The van der Waals surface area contributed by atoms with E-state index in [2.05, 4.69) is 10.3 Å². The smallest absolute Gasteiger partial charge is 0.328 e. The molecule has 10 nitrogen and oxygen atoms in total. The van der Waals surface area contributed by atoms with Crippen molar-refractivity contribution in [1.82, 2.24) is 14.9 Å². The van der Waals surface area contributed by atoms with Gasteiger partial charge in [0.05, 0.1) is 34.1 Å². The molecule has 30 heavy (non-hydrogen) atoms. The van der Waals surface area contributed by atoms with Crippen molar-refractivity contribution in [3.63, 3.8) is 0 Å². The van der Waals surface area contributed by atoms with Crippen LogP contribution in [0.3, 0.4) is 0 Å². The van der Waals surface area contributed by atoms with Crippen LogP contribution in [-0.4, -0.2) is 36.8 Å². The average molecular weight is 415 g/mol. The molecule has 1 amide bonds. The van der Waals surface area contributed by atoms with Crippen molar-refractivity contribution in [2.24, 2.45) is 0 Å². The summed E-state index contributed by atoms with van der Waals surface area (Å²) in [4.78, 5) is 39.6. The largest absolute Gasteiger partial charge is 0.493 e. The first-order valence-corrected chi connectivity index (χ1v) is 8.90. The van der Waals surface area contributed by atoms with Gasteiger partial charge in [0.15, 0.2) is 11.5 Å². The van der Waals surface area contributed by atoms with Crippen molar-refractivity contribution >= 4 is 5.91 Å². The third-order valence-corrected chi connectivity index (χ3v) is 4.38. The first kappa shape index (κ1) is 20.8. The molecule has 2 N–H and O–H groups in total. The number of methoxy groups -OCH3 is 3. The Hall–Kier alpha value is -3.95. The molecule has 0 radical (unpaired) electrons. The summed E-state index contributed by atoms with van der Waals surface area (Å²) in [5.41, 5.74) is -0.901. The molecule has 0 atom stereocenters. The summed E-state index contributed by atoms with van der Waals surface area (Å²) in [5, 5.41) is 2.65. The summed E-state index contributed by atoms with van der Waals surface area (Å²) in [6.45, 7) is 0.00145. The zero-order chi connectivity index (χ0) is 21.7. The molecule has 10 heteroatoms. The van der Waals surface area contributed by atoms with Gasteiger partial charge in [0.25, 0.3) is 11.5 Å². The molecule has 0 fully saturated rings. The van der Waals surface area contributed by atoms with Gasteiger partial charge in [-0.1, -0.05) is 0 Å². The van der Waals surface area contributed by atoms with Crippen molar-refractivity contribution in [1.29, 1.82) is 0 Å². The molecule has 0 spiro atoms. The summed E-state index contributed by atoms with van der Waals surface area (Å²) >= 11 is 0. The number of carbonyl (C=O) groups is 1. The molecule has 2 aromatic heterocycles. The number of amides is 1. The number of furan rings is 1. The zero-order valence-corrected chi connectivity index (χ0v) is 16.7. The summed E-state index contributed by atoms with van der Waals surface area (Å²) in [7, 11) is 4.47. The summed E-state index contributed by atoms with van der Waals surface area (Å²) in [6.07, 6.45) is 2.52. The summed E-state index contributed by atoms with van der Waals surface area (Å²) in [5.74, 6) is 1.07. The van der Waals surface area contributed by atoms with Crippen LogP contribution in [0.1, 0.15) is 21.7 Å². The molecular weight excluding hydrogens is 394 g/mol. The first-order valence-electron chi connectivity index (χ1n) is 8.90. The van der Waals surface area contributed by atoms with Gasteiger partial charge in [-0.25, -0.2) is 4.79 Å². The van der Waals surface area contributed by atoms with Gasteiger partial charge < -0.3 is 28.9 Å². The highest BCUT2D eigenvalue weighted by Gasteiger charge is 2.17. The van der Waals surface area contributed by atoms with E-state index in [4.69, 9.17) is 18.6 Å². The number of hydrogen-bond donors (Lipinski definition) is 2. The van der Waals surface area contributed by atoms with E-state index >= 15 is 0 Å². The number of rotatable bonds is 8. The van der Waals surface area contributed by atoms with Crippen molar-refractivity contribution in [2.75, 3.05) is 21.3 Å². The quantitative estimate of drug-likeness (QED) is 0.565. The Morgan fingerprint density at radius 2 is 1.83 bits per heavy atom. The molecule has 3 aromatic rings. The van der Waals surface area contributed by atoms with E-state index < -0.39 is 17.2 Å². The van der Waals surface area contributed by atoms with Crippen LogP contribution < -0.4 is 30.8 Å². The minimum atomic E-state index is -0.724. The molecule has 2 heterocycles. The lowest BCUT2D eigenvalue weighted by atomic mass is 10.1. The van der Waals surface area contributed by atoms with Crippen LogP contribution >= 0.6 is 0 Å². The van der Waals surface area contributed by atoms with Gasteiger partial charge in [-0.05, 0) is 29.8 Å². The third kappa shape index (κ3) is 4.22. The Bertz CT molecular complexity index is 1120. The van der Waals surface area contributed by atoms with E-state index in [1.165, 1.54) is 27.6 Å². The molecule has 0 aliphatic heterocycles. The molecule has 0 saturated heterocycles. The van der Waals surface area contributed by atoms with E-state index in [1.54, 1.807) is 24.3 Å². The van der Waals surface area contributed by atoms with E-state index in [0.717, 1.165) is 10.8 Å². The minimum absolute atomic E-state index is 0.0881. The molecule has 158 valence electrons. The number of aromatic amines is 1. The van der Waals surface area contributed by atoms with Gasteiger partial charge in [-0.15, -0.1) is 0 Å². The van der Waals surface area contributed by atoms with E-state index in [1.807, 2.05) is 0 Å². The number of ether oxygens (including phenoxy) is 3. The molecular formula is C20H21N3O7. The number of nitrogens with zero attached hydrogens (tertiary/aromatic N) is 1. The maximum absolute atomic E-state index is 12.6. The minimum Gasteiger partial charge on any atom is -0.493 e. The summed E-state index contributed by atoms with van der Waals surface area (Å²) in [6, 6.07) is 6.64. The number of hydrogen-bond acceptors (Lipinski definition) is 7. The monoisotopic (exact) mass is 415 g/mol. The Labute approximate surface area is 171 Å². The van der Waals surface area contributed by atoms with E-state index in [9.17, 15) is 14.4 Å². The number of H-pyrrole nitrogens is 1. The predicted octanol–water partition coefficient (Wildman–Crippen LogP) is 1.13. The fraction of sp³-hybridized carbons (Fsp3) is 0.250. The van der Waals surface area contributed by atoms with Gasteiger partial charge in [0.1, 0.15) is 11.3 Å². The fourth-order valence-electron chi connectivity index (χ4n) is 2.89. The van der Waals surface area contributed by atoms with Gasteiger partial charge in [-0.2, -0.15) is 0 Å². The fourth-order valence-corrected chi connectivity index (χ4v) is 2.89. The Balaban J connectivity index is 1.82. The second-order valence-corrected chi connectivity index (χ2v) is 6.19. The maximum atomic E-state index is 12.6. The SMILES string of the molecule is COc1cc(CNC(=O)c2c[nH]c(=O)n(Cc3ccco3)c2=O)cc(OC)c1OC. The Morgan fingerprint density at radius 3 is 2.40 bits per heavy atom. The predicted molar refractivity (Wildman–Crippen MR) is 106 cm³/mol. The molecule has 0 aliphatic rings. The lowest BCUT2D eigenvalue weighted by Crippen LogP contribution is -2.40. The van der Waals surface area contributed by atoms with Crippen LogP contribution in [0, 0.1) is 0 Å². The van der Waals surface area contributed by atoms with Crippen LogP contribution in [0.15, 0.2) is 50.7 Å². The van der Waals surface area contributed by atoms with E-state index in [0.29, 0.717) is 28.6 Å². The second-order valence-electron chi connectivity index (χ2n) is 6.19. The highest BCUT2D eigenvalue weighted by atomic mass is 16.5. The lowest BCUT2D eigenvalue weighted by molar-refractivity contribution is 0.0948. The van der Waals surface area contributed by atoms with Crippen molar-refractivity contribution in [3.8, 4) is 17.2 Å². The zero-order valence-electron chi connectivity index (χ0n) is 16.7. The van der Waals surface area contributed by atoms with Crippen molar-refractivity contribution in [3.05, 3.63) is 74.5 Å². The van der Waals surface area contributed by atoms with Crippen LogP contribution in [-0.2, 0) is 13.1 Å². The van der Waals surface area contributed by atoms with E-state index in [-0.39, 0.29) is 18.7 Å². The van der Waals surface area contributed by atoms with Crippen LogP contribution in [0.2, 0.25) is 0 Å². The number of nitrogens with one attached hydrogen (secondary N) is 2. The van der Waals surface area contributed by atoms with Gasteiger partial charge >= 0.3 is 5.69 Å². The molecule has 0 bridgehead atoms. The Morgan fingerprint density at radius 1 is 1.13 bits per heavy atom. The van der Waals surface area contributed by atoms with Crippen LogP contribution in [0.25, 0.3) is 0 Å². The van der Waals surface area contributed by atoms with Gasteiger partial charge in [0.2, 0.25) is 5.75 Å².